The SMILES string of the molecule is C[C@@H](NC(=O)c1cc(S(N)(=O)=O)cn1C)c1cc2ccccc2o1. The number of nitrogens with one attached hydrogen (secondary N) is 1. The molecule has 8 heteroatoms. The highest BCUT2D eigenvalue weighted by atomic mass is 32.2. The van der Waals surface area contributed by atoms with E-state index in [0.717, 1.165) is 11.0 Å². The molecule has 1 amide bonds. The molecule has 0 radical (unpaired) electrons. The first-order chi connectivity index (χ1) is 11.3. The lowest BCUT2D eigenvalue weighted by Gasteiger charge is -2.11. The zero-order chi connectivity index (χ0) is 17.5. The number of benzene rings is 1. The Morgan fingerprint density at radius 1 is 1.29 bits per heavy atom. The number of aromatic nitrogens is 1. The van der Waals surface area contributed by atoms with Crippen molar-refractivity contribution in [3.8, 4) is 0 Å². The lowest BCUT2D eigenvalue weighted by Crippen LogP contribution is -2.27. The summed E-state index contributed by atoms with van der Waals surface area (Å²) in [6.45, 7) is 1.79. The third-order valence-electron chi connectivity index (χ3n) is 3.76. The van der Waals surface area contributed by atoms with Crippen LogP contribution in [0.25, 0.3) is 11.0 Å². The number of para-hydroxylation sites is 1. The largest absolute Gasteiger partial charge is 0.459 e. The highest BCUT2D eigenvalue weighted by Crippen LogP contribution is 2.24. The molecule has 3 N–H and O–H groups in total. The molecule has 0 fully saturated rings. The minimum Gasteiger partial charge on any atom is -0.459 e. The van der Waals surface area contributed by atoms with Gasteiger partial charge in [0, 0.05) is 18.6 Å². The zero-order valence-corrected chi connectivity index (χ0v) is 14.0. The molecule has 0 spiro atoms. The van der Waals surface area contributed by atoms with Crippen LogP contribution in [0.1, 0.15) is 29.2 Å². The van der Waals surface area contributed by atoms with Crippen LogP contribution in [-0.2, 0) is 17.1 Å². The molecule has 0 aliphatic heterocycles. The number of primary sulfonamides is 1. The Hall–Kier alpha value is -2.58. The summed E-state index contributed by atoms with van der Waals surface area (Å²) in [5, 5.41) is 8.82. The Balaban J connectivity index is 1.82. The number of rotatable bonds is 4. The van der Waals surface area contributed by atoms with E-state index in [1.165, 1.54) is 16.8 Å². The monoisotopic (exact) mass is 347 g/mol. The second-order valence-electron chi connectivity index (χ2n) is 5.60. The van der Waals surface area contributed by atoms with Gasteiger partial charge in [-0.3, -0.25) is 4.79 Å². The van der Waals surface area contributed by atoms with Gasteiger partial charge in [-0.1, -0.05) is 18.2 Å². The van der Waals surface area contributed by atoms with E-state index >= 15 is 0 Å². The van der Waals surface area contributed by atoms with Crippen molar-refractivity contribution in [1.82, 2.24) is 9.88 Å². The van der Waals surface area contributed by atoms with Gasteiger partial charge >= 0.3 is 0 Å². The van der Waals surface area contributed by atoms with Crippen LogP contribution in [0.5, 0.6) is 0 Å². The van der Waals surface area contributed by atoms with Crippen LogP contribution in [0.3, 0.4) is 0 Å². The summed E-state index contributed by atoms with van der Waals surface area (Å²) in [4.78, 5) is 12.3. The van der Waals surface area contributed by atoms with Crippen molar-refractivity contribution in [2.45, 2.75) is 17.9 Å². The van der Waals surface area contributed by atoms with Gasteiger partial charge in [0.25, 0.3) is 5.91 Å². The Labute approximate surface area is 139 Å². The van der Waals surface area contributed by atoms with Crippen LogP contribution >= 0.6 is 0 Å². The Morgan fingerprint density at radius 3 is 2.62 bits per heavy atom. The number of hydrogen-bond acceptors (Lipinski definition) is 4. The fraction of sp³-hybridized carbons (Fsp3) is 0.188. The van der Waals surface area contributed by atoms with Crippen molar-refractivity contribution in [1.29, 1.82) is 0 Å². The predicted octanol–water partition coefficient (Wildman–Crippen LogP) is 1.91. The average Bonchev–Trinajstić information content (AvgIpc) is 3.09. The standard InChI is InChI=1S/C16H17N3O4S/c1-10(15-7-11-5-3-4-6-14(11)23-15)18-16(20)13-8-12(9-19(13)2)24(17,21)22/h3-10H,1-2H3,(H,18,20)(H2,17,21,22)/t10-/m1/s1. The summed E-state index contributed by atoms with van der Waals surface area (Å²) in [5.41, 5.74) is 0.936. The quantitative estimate of drug-likeness (QED) is 0.751. The van der Waals surface area contributed by atoms with E-state index in [1.54, 1.807) is 14.0 Å². The van der Waals surface area contributed by atoms with Crippen molar-refractivity contribution >= 4 is 26.9 Å². The molecule has 3 rings (SSSR count). The second kappa shape index (κ2) is 5.81. The number of nitrogens with two attached hydrogens (primary N) is 1. The van der Waals surface area contributed by atoms with E-state index in [9.17, 15) is 13.2 Å². The maximum atomic E-state index is 12.4. The first-order valence-electron chi connectivity index (χ1n) is 7.24. The van der Waals surface area contributed by atoms with Gasteiger partial charge in [0.2, 0.25) is 10.0 Å². The molecule has 7 nitrogen and oxygen atoms in total. The van der Waals surface area contributed by atoms with Gasteiger partial charge in [0.15, 0.2) is 0 Å². The van der Waals surface area contributed by atoms with Crippen molar-refractivity contribution in [2.75, 3.05) is 0 Å². The predicted molar refractivity (Wildman–Crippen MR) is 88.9 cm³/mol. The number of amides is 1. The zero-order valence-electron chi connectivity index (χ0n) is 13.2. The maximum Gasteiger partial charge on any atom is 0.268 e. The van der Waals surface area contributed by atoms with Gasteiger partial charge < -0.3 is 14.3 Å². The summed E-state index contributed by atoms with van der Waals surface area (Å²) in [5.74, 6) is 0.200. The first kappa shape index (κ1) is 16.3. The van der Waals surface area contributed by atoms with Crippen molar-refractivity contribution in [2.24, 2.45) is 12.2 Å². The molecule has 0 saturated heterocycles. The van der Waals surface area contributed by atoms with Crippen molar-refractivity contribution < 1.29 is 17.6 Å². The number of sulfonamides is 1. The maximum absolute atomic E-state index is 12.4. The number of carbonyl (C=O) groups excluding carboxylic acids is 1. The minimum absolute atomic E-state index is 0.105. The van der Waals surface area contributed by atoms with Crippen LogP contribution in [0.4, 0.5) is 0 Å². The lowest BCUT2D eigenvalue weighted by molar-refractivity contribution is 0.0927. The van der Waals surface area contributed by atoms with Crippen molar-refractivity contribution in [3.05, 3.63) is 54.0 Å². The van der Waals surface area contributed by atoms with Gasteiger partial charge in [-0.15, -0.1) is 0 Å². The van der Waals surface area contributed by atoms with E-state index < -0.39 is 15.9 Å². The lowest BCUT2D eigenvalue weighted by atomic mass is 10.2. The highest BCUT2D eigenvalue weighted by Gasteiger charge is 2.20. The fourth-order valence-corrected chi connectivity index (χ4v) is 3.05. The average molecular weight is 347 g/mol. The topological polar surface area (TPSA) is 107 Å². The van der Waals surface area contributed by atoms with E-state index in [-0.39, 0.29) is 16.6 Å². The number of nitrogens with zero attached hydrogens (tertiary/aromatic N) is 1. The number of hydrogen-bond donors (Lipinski definition) is 2. The molecule has 3 aromatic rings. The smallest absolute Gasteiger partial charge is 0.268 e. The molecule has 126 valence electrons. The Kier molecular flexibility index (Phi) is 3.94. The van der Waals surface area contributed by atoms with E-state index in [0.29, 0.717) is 5.76 Å². The van der Waals surface area contributed by atoms with E-state index in [4.69, 9.17) is 9.56 Å². The Morgan fingerprint density at radius 2 is 2.00 bits per heavy atom. The molecule has 2 aromatic heterocycles. The molecular weight excluding hydrogens is 330 g/mol. The van der Waals surface area contributed by atoms with Gasteiger partial charge in [-0.25, -0.2) is 13.6 Å². The second-order valence-corrected chi connectivity index (χ2v) is 7.16. The number of carbonyl (C=O) groups is 1. The molecule has 0 bridgehead atoms. The van der Waals surface area contributed by atoms with Gasteiger partial charge in [-0.05, 0) is 25.1 Å². The minimum atomic E-state index is -3.86. The van der Waals surface area contributed by atoms with E-state index in [2.05, 4.69) is 5.32 Å². The molecule has 1 aromatic carbocycles. The van der Waals surface area contributed by atoms with Crippen LogP contribution in [0.2, 0.25) is 0 Å². The van der Waals surface area contributed by atoms with Crippen LogP contribution in [-0.4, -0.2) is 18.9 Å². The molecule has 0 saturated carbocycles. The molecule has 0 aliphatic rings. The highest BCUT2D eigenvalue weighted by molar-refractivity contribution is 7.89. The first-order valence-corrected chi connectivity index (χ1v) is 8.79. The normalized spacial score (nSPS) is 13.1. The molecule has 2 heterocycles. The van der Waals surface area contributed by atoms with Crippen molar-refractivity contribution in [3.63, 3.8) is 0 Å². The molecule has 1 atom stereocenters. The van der Waals surface area contributed by atoms with Crippen LogP contribution < -0.4 is 10.5 Å². The summed E-state index contributed by atoms with van der Waals surface area (Å²) in [6.07, 6.45) is 1.30. The summed E-state index contributed by atoms with van der Waals surface area (Å²) in [7, 11) is -2.28. The number of aryl methyl sites for hydroxylation is 1. The van der Waals surface area contributed by atoms with Gasteiger partial charge in [0.1, 0.15) is 21.9 Å². The molecule has 24 heavy (non-hydrogen) atoms. The third-order valence-corrected chi connectivity index (χ3v) is 4.64. The van der Waals surface area contributed by atoms with Crippen LogP contribution in [0, 0.1) is 0 Å². The summed E-state index contributed by atoms with van der Waals surface area (Å²) >= 11 is 0. The molecular formula is C16H17N3O4S. The van der Waals surface area contributed by atoms with Gasteiger partial charge in [0.05, 0.1) is 6.04 Å². The number of furan rings is 1. The number of fused-ring (bicyclic) bond motifs is 1. The molecule has 0 aliphatic carbocycles. The van der Waals surface area contributed by atoms with Gasteiger partial charge in [-0.2, -0.15) is 0 Å². The van der Waals surface area contributed by atoms with E-state index in [1.807, 2.05) is 30.3 Å². The van der Waals surface area contributed by atoms with Crippen LogP contribution in [0.15, 0.2) is 51.9 Å². The molecule has 0 unspecified atom stereocenters. The summed E-state index contributed by atoms with van der Waals surface area (Å²) in [6, 6.07) is 10.3. The Bertz CT molecular complexity index is 984. The third kappa shape index (κ3) is 3.06. The fourth-order valence-electron chi connectivity index (χ4n) is 2.47. The summed E-state index contributed by atoms with van der Waals surface area (Å²) < 4.78 is 29.9.